The molecule has 0 aromatic carbocycles. The van der Waals surface area contributed by atoms with Crippen LogP contribution in [-0.2, 0) is 33.2 Å². The third-order valence-corrected chi connectivity index (χ3v) is 19.3. The summed E-state index contributed by atoms with van der Waals surface area (Å²) >= 11 is 0. The van der Waals surface area contributed by atoms with E-state index in [9.17, 15) is 61.0 Å². The van der Waals surface area contributed by atoms with Crippen LogP contribution in [0.15, 0.2) is 60.8 Å². The summed E-state index contributed by atoms with van der Waals surface area (Å²) < 4.78 is 34.4. The molecule has 0 radical (unpaired) electrons. The van der Waals surface area contributed by atoms with E-state index in [0.717, 1.165) is 51.4 Å². The van der Waals surface area contributed by atoms with Crippen LogP contribution >= 0.6 is 0 Å². The third-order valence-electron chi connectivity index (χ3n) is 19.3. The van der Waals surface area contributed by atoms with E-state index >= 15 is 0 Å². The Balaban J connectivity index is 1.39. The van der Waals surface area contributed by atoms with E-state index in [1.165, 1.54) is 212 Å². The van der Waals surface area contributed by atoms with Gasteiger partial charge in [-0.3, -0.25) is 4.79 Å². The van der Waals surface area contributed by atoms with Gasteiger partial charge in [-0.05, 0) is 70.6 Å². The van der Waals surface area contributed by atoms with E-state index in [2.05, 4.69) is 67.8 Å². The highest BCUT2D eigenvalue weighted by atomic mass is 16.8. The maximum absolute atomic E-state index is 13.5. The second-order valence-corrected chi connectivity index (χ2v) is 27.8. The minimum atomic E-state index is -1.98. The fourth-order valence-corrected chi connectivity index (χ4v) is 13.0. The number of ether oxygens (including phenoxy) is 6. The predicted octanol–water partition coefficient (Wildman–Crippen LogP) is 12.3. The van der Waals surface area contributed by atoms with Crippen LogP contribution in [0.1, 0.15) is 296 Å². The molecule has 3 heterocycles. The summed E-state index contributed by atoms with van der Waals surface area (Å²) in [6, 6.07) is -0.993. The molecule has 3 fully saturated rings. The molecule has 3 aliphatic heterocycles. The summed E-state index contributed by atoms with van der Waals surface area (Å²) in [4.78, 5) is 13.5. The van der Waals surface area contributed by atoms with Gasteiger partial charge in [0, 0.05) is 6.42 Å². The van der Waals surface area contributed by atoms with Crippen LogP contribution in [0.4, 0.5) is 0 Å². The van der Waals surface area contributed by atoms with E-state index in [0.29, 0.717) is 12.8 Å². The van der Waals surface area contributed by atoms with Crippen molar-refractivity contribution in [2.45, 2.75) is 401 Å². The lowest BCUT2D eigenvalue weighted by Crippen LogP contribution is -2.66. The van der Waals surface area contributed by atoms with Crippen LogP contribution in [-0.4, -0.2) is 193 Å². The van der Waals surface area contributed by atoms with E-state index in [1.807, 2.05) is 6.08 Å². The maximum atomic E-state index is 13.5. The molecule has 0 aliphatic carbocycles. The van der Waals surface area contributed by atoms with E-state index < -0.39 is 124 Å². The van der Waals surface area contributed by atoms with Gasteiger partial charge in [0.1, 0.15) is 73.2 Å². The molecule has 0 bridgehead atoms. The quantitative estimate of drug-likeness (QED) is 0.0199. The van der Waals surface area contributed by atoms with Crippen LogP contribution in [0, 0.1) is 0 Å². The minimum Gasteiger partial charge on any atom is -0.394 e. The van der Waals surface area contributed by atoms with Crippen LogP contribution in [0.25, 0.3) is 0 Å². The van der Waals surface area contributed by atoms with Gasteiger partial charge in [-0.1, -0.05) is 280 Å². The van der Waals surface area contributed by atoms with Gasteiger partial charge in [0.15, 0.2) is 18.9 Å². The third kappa shape index (κ3) is 39.6. The first-order chi connectivity index (χ1) is 47.3. The van der Waals surface area contributed by atoms with Crippen molar-refractivity contribution >= 4 is 5.91 Å². The Morgan fingerprint density at radius 3 is 1.10 bits per heavy atom. The number of amides is 1. The molecule has 3 rings (SSSR count). The van der Waals surface area contributed by atoms with Crippen molar-refractivity contribution in [1.82, 2.24) is 5.32 Å². The van der Waals surface area contributed by atoms with Crippen molar-refractivity contribution in [2.75, 3.05) is 26.4 Å². The Kier molecular flexibility index (Phi) is 53.9. The summed E-state index contributed by atoms with van der Waals surface area (Å²) in [5, 5.41) is 121. The number of hydrogen-bond donors (Lipinski definition) is 12. The highest BCUT2D eigenvalue weighted by Crippen LogP contribution is 2.33. The fourth-order valence-electron chi connectivity index (χ4n) is 13.0. The van der Waals surface area contributed by atoms with Crippen molar-refractivity contribution < 1.29 is 89.4 Å². The standard InChI is InChI=1S/C78H141NO18/c1-3-5-7-9-11-13-15-17-19-21-23-25-26-27-28-29-30-31-32-33-34-36-38-40-42-44-46-48-50-52-54-56-66(84)79-61(62(83)55-53-51-49-47-45-43-41-39-37-35-24-22-20-18-16-14-12-10-8-6-4-2)60-92-76-72(90)69(87)74(64(58-81)94-76)97-78-73(91)70(88)75(65(59-82)95-78)96-77-71(89)68(86)67(85)63(57-80)93-77/h15,17,21,23,26-27,45,47,53,55,61-65,67-78,80-83,85-91H,3-14,16,18-20,22,24-25,28-44,46,48-52,54,56-60H2,1-2H3,(H,79,84)/b17-15-,23-21-,27-26-,47-45+,55-53+. The van der Waals surface area contributed by atoms with Crippen molar-refractivity contribution in [2.24, 2.45) is 0 Å². The lowest BCUT2D eigenvalue weighted by atomic mass is 9.96. The molecule has 0 saturated carbocycles. The number of carbonyl (C=O) groups excluding carboxylic acids is 1. The van der Waals surface area contributed by atoms with E-state index in [4.69, 9.17) is 28.4 Å². The highest BCUT2D eigenvalue weighted by molar-refractivity contribution is 5.76. The van der Waals surface area contributed by atoms with Gasteiger partial charge < -0.3 is 89.9 Å². The first-order valence-corrected chi connectivity index (χ1v) is 39.0. The second-order valence-electron chi connectivity index (χ2n) is 27.8. The lowest BCUT2D eigenvalue weighted by molar-refractivity contribution is -0.379. The summed E-state index contributed by atoms with van der Waals surface area (Å²) in [7, 11) is 0. The maximum Gasteiger partial charge on any atom is 0.220 e. The number of aliphatic hydroxyl groups is 11. The van der Waals surface area contributed by atoms with Crippen LogP contribution in [0.5, 0.6) is 0 Å². The molecule has 566 valence electrons. The zero-order valence-corrected chi connectivity index (χ0v) is 60.3. The van der Waals surface area contributed by atoms with Crippen molar-refractivity contribution in [3.05, 3.63) is 60.8 Å². The van der Waals surface area contributed by atoms with Crippen molar-refractivity contribution in [3.8, 4) is 0 Å². The van der Waals surface area contributed by atoms with Gasteiger partial charge in [0.2, 0.25) is 5.91 Å². The number of allylic oxidation sites excluding steroid dienone is 9. The Morgan fingerprint density at radius 2 is 0.691 bits per heavy atom. The minimum absolute atomic E-state index is 0.235. The molecule has 3 aliphatic rings. The normalized spacial score (nSPS) is 27.2. The summed E-state index contributed by atoms with van der Waals surface area (Å²) in [6.45, 7) is 1.73. The molecule has 17 unspecified atom stereocenters. The zero-order chi connectivity index (χ0) is 70.4. The molecule has 0 aromatic heterocycles. The van der Waals surface area contributed by atoms with Gasteiger partial charge in [-0.2, -0.15) is 0 Å². The molecular weight excluding hydrogens is 1240 g/mol. The monoisotopic (exact) mass is 1380 g/mol. The lowest BCUT2D eigenvalue weighted by Gasteiger charge is -2.48. The summed E-state index contributed by atoms with van der Waals surface area (Å²) in [6.07, 6.45) is 47.7. The Bertz CT molecular complexity index is 1990. The van der Waals surface area contributed by atoms with Crippen molar-refractivity contribution in [1.29, 1.82) is 0 Å². The van der Waals surface area contributed by atoms with Gasteiger partial charge in [0.05, 0.1) is 38.6 Å². The largest absolute Gasteiger partial charge is 0.394 e. The number of hydrogen-bond acceptors (Lipinski definition) is 18. The Morgan fingerprint density at radius 1 is 0.371 bits per heavy atom. The Hall–Kier alpha value is -2.51. The van der Waals surface area contributed by atoms with Gasteiger partial charge in [-0.25, -0.2) is 0 Å². The molecule has 0 aromatic rings. The molecule has 97 heavy (non-hydrogen) atoms. The smallest absolute Gasteiger partial charge is 0.220 e. The van der Waals surface area contributed by atoms with Crippen LogP contribution < -0.4 is 5.32 Å². The first kappa shape index (κ1) is 88.7. The predicted molar refractivity (Wildman–Crippen MR) is 383 cm³/mol. The molecule has 12 N–H and O–H groups in total. The van der Waals surface area contributed by atoms with E-state index in [-0.39, 0.29) is 18.9 Å². The Labute approximate surface area is 586 Å². The average molecular weight is 1380 g/mol. The molecule has 17 atom stereocenters. The van der Waals surface area contributed by atoms with Crippen LogP contribution in [0.2, 0.25) is 0 Å². The molecule has 19 heteroatoms. The highest BCUT2D eigenvalue weighted by Gasteiger charge is 2.53. The topological polar surface area (TPSA) is 307 Å². The number of nitrogens with one attached hydrogen (secondary N) is 1. The molecule has 0 spiro atoms. The number of carbonyl (C=O) groups is 1. The van der Waals surface area contributed by atoms with Crippen LogP contribution in [0.3, 0.4) is 0 Å². The van der Waals surface area contributed by atoms with Gasteiger partial charge >= 0.3 is 0 Å². The van der Waals surface area contributed by atoms with Crippen molar-refractivity contribution in [3.63, 3.8) is 0 Å². The van der Waals surface area contributed by atoms with Gasteiger partial charge in [-0.15, -0.1) is 0 Å². The number of aliphatic hydroxyl groups excluding tert-OH is 11. The number of rotatable bonds is 61. The molecule has 1 amide bonds. The summed E-state index contributed by atoms with van der Waals surface area (Å²) in [5.74, 6) is -0.283. The second kappa shape index (κ2) is 58.9. The zero-order valence-electron chi connectivity index (χ0n) is 60.3. The molecule has 3 saturated heterocycles. The number of unbranched alkanes of at least 4 members (excludes halogenated alkanes) is 37. The first-order valence-electron chi connectivity index (χ1n) is 39.0. The average Bonchev–Trinajstić information content (AvgIpc) is 0.798. The van der Waals surface area contributed by atoms with E-state index in [1.54, 1.807) is 6.08 Å². The molecular formula is C78H141NO18. The fraction of sp³-hybridized carbons (Fsp3) is 0.859. The summed E-state index contributed by atoms with van der Waals surface area (Å²) in [5.41, 5.74) is 0. The molecule has 19 nitrogen and oxygen atoms in total. The van der Waals surface area contributed by atoms with Gasteiger partial charge in [0.25, 0.3) is 0 Å². The SMILES string of the molecule is CCCCCCC/C=C\C/C=C\C/C=C\CCCCCCCCCCCCCCCCCCC(=O)NC(COC1OC(CO)C(OC2OC(CO)C(OC3OC(CO)C(O)C(O)C3O)C(O)C2O)C(O)C1O)C(O)/C=C/CC/C=C/CCCCCCCCCCCCCCCCC.